The fraction of sp³-hybridized carbons (Fsp3) is 0.333. The van der Waals surface area contributed by atoms with Crippen molar-refractivity contribution in [3.05, 3.63) is 98.0 Å². The van der Waals surface area contributed by atoms with E-state index in [0.717, 1.165) is 42.5 Å². The van der Waals surface area contributed by atoms with Gasteiger partial charge in [0.05, 0.1) is 11.5 Å². The van der Waals surface area contributed by atoms with Crippen molar-refractivity contribution in [2.75, 3.05) is 6.54 Å². The Kier molecular flexibility index (Phi) is 8.43. The molecule has 1 heterocycles. The van der Waals surface area contributed by atoms with Gasteiger partial charge in [-0.25, -0.2) is 4.39 Å². The minimum absolute atomic E-state index is 0.108. The largest absolute Gasteiger partial charge is 0.332 e. The van der Waals surface area contributed by atoms with Gasteiger partial charge in [0.2, 0.25) is 5.91 Å². The molecule has 1 aliphatic rings. The number of benzene rings is 2. The van der Waals surface area contributed by atoms with E-state index >= 15 is 0 Å². The topological polar surface area (TPSA) is 83.8 Å². The number of nitro benzene ring substituents is 1. The molecule has 0 atom stereocenters. The Hall–Kier alpha value is -3.59. The normalized spacial score (nSPS) is 13.8. The molecule has 3 aromatic rings. The molecule has 1 saturated carbocycles. The van der Waals surface area contributed by atoms with Gasteiger partial charge < -0.3 is 9.80 Å². The van der Waals surface area contributed by atoms with Gasteiger partial charge >= 0.3 is 0 Å². The summed E-state index contributed by atoms with van der Waals surface area (Å²) in [4.78, 5) is 42.2. The van der Waals surface area contributed by atoms with Crippen molar-refractivity contribution in [1.29, 1.82) is 0 Å². The molecule has 0 radical (unpaired) electrons. The van der Waals surface area contributed by atoms with E-state index in [1.54, 1.807) is 28.0 Å². The average molecular weight is 510 g/mol. The molecule has 0 aliphatic heterocycles. The summed E-state index contributed by atoms with van der Waals surface area (Å²) in [5.74, 6) is -0.949. The number of thiophene rings is 1. The van der Waals surface area contributed by atoms with Gasteiger partial charge in [-0.3, -0.25) is 19.7 Å². The molecular weight excluding hydrogens is 481 g/mol. The van der Waals surface area contributed by atoms with E-state index in [1.807, 2.05) is 17.5 Å². The molecule has 2 aromatic carbocycles. The minimum Gasteiger partial charge on any atom is -0.332 e. The van der Waals surface area contributed by atoms with Crippen molar-refractivity contribution in [2.24, 2.45) is 0 Å². The zero-order valence-corrected chi connectivity index (χ0v) is 20.7. The van der Waals surface area contributed by atoms with Crippen molar-refractivity contribution in [2.45, 2.75) is 51.2 Å². The molecule has 1 fully saturated rings. The van der Waals surface area contributed by atoms with Crippen molar-refractivity contribution in [3.8, 4) is 0 Å². The first-order valence-corrected chi connectivity index (χ1v) is 12.9. The van der Waals surface area contributed by atoms with Gasteiger partial charge in [-0.1, -0.05) is 43.5 Å². The maximum absolute atomic E-state index is 13.7. The Bertz CT molecular complexity index is 1190. The van der Waals surface area contributed by atoms with Crippen LogP contribution >= 0.6 is 11.3 Å². The Morgan fingerprint density at radius 1 is 1.00 bits per heavy atom. The van der Waals surface area contributed by atoms with E-state index in [0.29, 0.717) is 6.54 Å². The third kappa shape index (κ3) is 6.54. The summed E-state index contributed by atoms with van der Waals surface area (Å²) in [7, 11) is 0. The summed E-state index contributed by atoms with van der Waals surface area (Å²) < 4.78 is 13.4. The highest BCUT2D eigenvalue weighted by Gasteiger charge is 2.30. The number of non-ortho nitro benzene ring substituents is 1. The van der Waals surface area contributed by atoms with Crippen LogP contribution in [0.15, 0.2) is 66.0 Å². The molecule has 36 heavy (non-hydrogen) atoms. The summed E-state index contributed by atoms with van der Waals surface area (Å²) in [6, 6.07) is 15.4. The zero-order valence-electron chi connectivity index (χ0n) is 19.8. The lowest BCUT2D eigenvalue weighted by molar-refractivity contribution is -0.384. The van der Waals surface area contributed by atoms with Crippen LogP contribution in [0.4, 0.5) is 10.1 Å². The lowest BCUT2D eigenvalue weighted by atomic mass is 9.93. The lowest BCUT2D eigenvalue weighted by Gasteiger charge is -2.35. The number of rotatable bonds is 9. The Balaban J connectivity index is 1.59. The van der Waals surface area contributed by atoms with Crippen molar-refractivity contribution >= 4 is 28.8 Å². The smallest absolute Gasteiger partial charge is 0.270 e. The maximum atomic E-state index is 13.7. The molecule has 1 aromatic heterocycles. The molecule has 0 unspecified atom stereocenters. The van der Waals surface area contributed by atoms with Crippen LogP contribution in [-0.2, 0) is 17.9 Å². The molecule has 1 aliphatic carbocycles. The number of halogens is 1. The van der Waals surface area contributed by atoms with Gasteiger partial charge in [0, 0.05) is 35.2 Å². The van der Waals surface area contributed by atoms with Crippen molar-refractivity contribution in [1.82, 2.24) is 9.80 Å². The molecule has 0 N–H and O–H groups in total. The zero-order chi connectivity index (χ0) is 25.5. The fourth-order valence-corrected chi connectivity index (χ4v) is 5.28. The highest BCUT2D eigenvalue weighted by Crippen LogP contribution is 2.26. The van der Waals surface area contributed by atoms with E-state index in [-0.39, 0.29) is 48.0 Å². The molecule has 188 valence electrons. The van der Waals surface area contributed by atoms with Crippen LogP contribution in [0.3, 0.4) is 0 Å². The number of amides is 2. The summed E-state index contributed by atoms with van der Waals surface area (Å²) in [6.45, 7) is 0.524. The summed E-state index contributed by atoms with van der Waals surface area (Å²) >= 11 is 1.54. The number of hydrogen-bond donors (Lipinski definition) is 0. The van der Waals surface area contributed by atoms with E-state index in [2.05, 4.69) is 0 Å². The fourth-order valence-electron chi connectivity index (χ4n) is 4.56. The van der Waals surface area contributed by atoms with Gasteiger partial charge in [-0.05, 0) is 48.1 Å². The molecule has 7 nitrogen and oxygen atoms in total. The van der Waals surface area contributed by atoms with Crippen LogP contribution in [0.2, 0.25) is 0 Å². The van der Waals surface area contributed by atoms with Crippen LogP contribution in [-0.4, -0.2) is 39.1 Å². The predicted molar refractivity (Wildman–Crippen MR) is 136 cm³/mol. The Labute approximate surface area is 213 Å². The number of carbonyl (C=O) groups is 2. The SMILES string of the molecule is O=C(CN(C(=O)c1cccc([N+](=O)[O-])c1)C1CCCCC1)N(Cc1ccc(F)cc1)Cc1cccs1. The van der Waals surface area contributed by atoms with Gasteiger partial charge in [0.25, 0.3) is 11.6 Å². The Morgan fingerprint density at radius 2 is 1.75 bits per heavy atom. The molecule has 0 spiro atoms. The maximum Gasteiger partial charge on any atom is 0.270 e. The van der Waals surface area contributed by atoms with Crippen LogP contribution < -0.4 is 0 Å². The average Bonchev–Trinajstić information content (AvgIpc) is 3.41. The standard InChI is InChI=1S/C27H28FN3O4S/c28-22-13-11-20(12-14-22)17-29(18-25-10-5-15-36-25)26(32)19-30(23-7-2-1-3-8-23)27(33)21-6-4-9-24(16-21)31(34)35/h4-6,9-16,23H,1-3,7-8,17-19H2. The van der Waals surface area contributed by atoms with Crippen molar-refractivity contribution < 1.29 is 18.9 Å². The van der Waals surface area contributed by atoms with Crippen LogP contribution in [0.1, 0.15) is 52.9 Å². The van der Waals surface area contributed by atoms with E-state index in [9.17, 15) is 24.1 Å². The first kappa shape index (κ1) is 25.5. The predicted octanol–water partition coefficient (Wildman–Crippen LogP) is 5.80. The number of nitrogens with zero attached hydrogens (tertiary/aromatic N) is 3. The van der Waals surface area contributed by atoms with Crippen LogP contribution in [0, 0.1) is 15.9 Å². The van der Waals surface area contributed by atoms with Gasteiger partial charge in [-0.2, -0.15) is 0 Å². The van der Waals surface area contributed by atoms with Gasteiger partial charge in [-0.15, -0.1) is 11.3 Å². The van der Waals surface area contributed by atoms with E-state index in [1.165, 1.54) is 41.7 Å². The molecule has 4 rings (SSSR count). The van der Waals surface area contributed by atoms with E-state index < -0.39 is 4.92 Å². The minimum atomic E-state index is -0.529. The second kappa shape index (κ2) is 11.9. The monoisotopic (exact) mass is 509 g/mol. The molecule has 2 amide bonds. The second-order valence-corrected chi connectivity index (χ2v) is 10.0. The van der Waals surface area contributed by atoms with E-state index in [4.69, 9.17) is 0 Å². The number of hydrogen-bond acceptors (Lipinski definition) is 5. The lowest BCUT2D eigenvalue weighted by Crippen LogP contribution is -2.48. The summed E-state index contributed by atoms with van der Waals surface area (Å²) in [5, 5.41) is 13.2. The number of nitro groups is 1. The molecule has 9 heteroatoms. The van der Waals surface area contributed by atoms with Crippen LogP contribution in [0.5, 0.6) is 0 Å². The summed E-state index contributed by atoms with van der Waals surface area (Å²) in [6.07, 6.45) is 4.59. The molecule has 0 saturated heterocycles. The third-order valence-corrected chi connectivity index (χ3v) is 7.31. The number of carbonyl (C=O) groups excluding carboxylic acids is 2. The van der Waals surface area contributed by atoms with Crippen LogP contribution in [0.25, 0.3) is 0 Å². The quantitative estimate of drug-likeness (QED) is 0.270. The highest BCUT2D eigenvalue weighted by atomic mass is 32.1. The Morgan fingerprint density at radius 3 is 2.42 bits per heavy atom. The first-order valence-electron chi connectivity index (χ1n) is 12.0. The first-order chi connectivity index (χ1) is 17.4. The third-order valence-electron chi connectivity index (χ3n) is 6.45. The second-order valence-electron chi connectivity index (χ2n) is 8.99. The molecular formula is C27H28FN3O4S. The molecule has 0 bridgehead atoms. The van der Waals surface area contributed by atoms with Gasteiger partial charge in [0.1, 0.15) is 12.4 Å². The van der Waals surface area contributed by atoms with Gasteiger partial charge in [0.15, 0.2) is 0 Å². The summed E-state index contributed by atoms with van der Waals surface area (Å²) in [5.41, 5.74) is 0.827. The van der Waals surface area contributed by atoms with Crippen molar-refractivity contribution in [3.63, 3.8) is 0 Å². The highest BCUT2D eigenvalue weighted by molar-refractivity contribution is 7.09.